The highest BCUT2D eigenvalue weighted by Gasteiger charge is 2.19. The zero-order valence-corrected chi connectivity index (χ0v) is 8.15. The Morgan fingerprint density at radius 3 is 2.43 bits per heavy atom. The maximum atomic E-state index is 11.6. The highest BCUT2D eigenvalue weighted by molar-refractivity contribution is 5.94. The molecule has 1 aromatic carbocycles. The van der Waals surface area contributed by atoms with Crippen molar-refractivity contribution in [3.05, 3.63) is 35.9 Å². The lowest BCUT2D eigenvalue weighted by atomic mass is 10.2. The third-order valence-electron chi connectivity index (χ3n) is 2.65. The molecule has 0 aromatic heterocycles. The second-order valence-electron chi connectivity index (χ2n) is 3.74. The molecule has 0 spiro atoms. The van der Waals surface area contributed by atoms with Crippen LogP contribution in [0.15, 0.2) is 30.3 Å². The van der Waals surface area contributed by atoms with E-state index in [9.17, 15) is 4.79 Å². The Morgan fingerprint density at radius 1 is 1.14 bits per heavy atom. The smallest absolute Gasteiger partial charge is 0.267 e. The van der Waals surface area contributed by atoms with Gasteiger partial charge in [0, 0.05) is 5.56 Å². The number of hydrogen-bond donors (Lipinski definition) is 0. The van der Waals surface area contributed by atoms with Gasteiger partial charge >= 0.3 is 0 Å². The summed E-state index contributed by atoms with van der Waals surface area (Å²) in [5.41, 5.74) is 0.708. The lowest BCUT2D eigenvalue weighted by Gasteiger charge is -2.07. The van der Waals surface area contributed by atoms with E-state index in [1.54, 1.807) is 0 Å². The Bertz CT molecular complexity index is 301. The minimum atomic E-state index is -0.0579. The van der Waals surface area contributed by atoms with Crippen LogP contribution in [-0.2, 0) is 0 Å². The quantitative estimate of drug-likeness (QED) is 0.701. The van der Waals surface area contributed by atoms with Crippen LogP contribution < -0.4 is 5.32 Å². The lowest BCUT2D eigenvalue weighted by molar-refractivity contribution is 0.0932. The van der Waals surface area contributed by atoms with Crippen molar-refractivity contribution in [1.29, 1.82) is 0 Å². The van der Waals surface area contributed by atoms with Gasteiger partial charge in [-0.2, -0.15) is 0 Å². The Kier molecular flexibility index (Phi) is 2.82. The van der Waals surface area contributed by atoms with E-state index in [0.717, 1.165) is 12.8 Å². The molecule has 1 aliphatic carbocycles. The molecule has 2 heteroatoms. The number of nitrogens with zero attached hydrogens (tertiary/aromatic N) is 1. The zero-order valence-electron chi connectivity index (χ0n) is 8.15. The molecule has 1 saturated carbocycles. The first-order valence-electron chi connectivity index (χ1n) is 5.16. The topological polar surface area (TPSA) is 31.2 Å². The molecule has 0 saturated heterocycles. The summed E-state index contributed by atoms with van der Waals surface area (Å²) in [5.74, 6) is -0.0579. The molecule has 14 heavy (non-hydrogen) atoms. The average molecular weight is 188 g/mol. The van der Waals surface area contributed by atoms with Crippen LogP contribution in [0.4, 0.5) is 0 Å². The van der Waals surface area contributed by atoms with E-state index in [4.69, 9.17) is 0 Å². The van der Waals surface area contributed by atoms with Gasteiger partial charge in [-0.1, -0.05) is 31.0 Å². The maximum Gasteiger partial charge on any atom is 0.272 e. The Morgan fingerprint density at radius 2 is 1.79 bits per heavy atom. The van der Waals surface area contributed by atoms with Crippen LogP contribution in [0.5, 0.6) is 0 Å². The summed E-state index contributed by atoms with van der Waals surface area (Å²) in [4.78, 5) is 11.6. The zero-order chi connectivity index (χ0) is 9.80. The Labute approximate surface area is 84.3 Å². The first-order valence-corrected chi connectivity index (χ1v) is 5.16. The molecule has 0 unspecified atom stereocenters. The van der Waals surface area contributed by atoms with E-state index in [2.05, 4.69) is 5.32 Å². The predicted molar refractivity (Wildman–Crippen MR) is 55.2 cm³/mol. The van der Waals surface area contributed by atoms with E-state index < -0.39 is 0 Å². The van der Waals surface area contributed by atoms with E-state index in [1.807, 2.05) is 30.3 Å². The van der Waals surface area contributed by atoms with Crippen molar-refractivity contribution >= 4 is 5.91 Å². The minimum Gasteiger partial charge on any atom is -0.267 e. The fourth-order valence-electron chi connectivity index (χ4n) is 1.85. The molecule has 2 rings (SSSR count). The molecule has 1 fully saturated rings. The van der Waals surface area contributed by atoms with Crippen LogP contribution in [0.3, 0.4) is 0 Å². The molecule has 0 N–H and O–H groups in total. The van der Waals surface area contributed by atoms with Gasteiger partial charge in [-0.3, -0.25) is 4.79 Å². The summed E-state index contributed by atoms with van der Waals surface area (Å²) < 4.78 is 0. The first-order chi connectivity index (χ1) is 6.86. The molecule has 73 valence electrons. The van der Waals surface area contributed by atoms with Gasteiger partial charge < -0.3 is 0 Å². The monoisotopic (exact) mass is 188 g/mol. The third kappa shape index (κ3) is 2.13. The van der Waals surface area contributed by atoms with E-state index in [1.165, 1.54) is 12.8 Å². The lowest BCUT2D eigenvalue weighted by Crippen LogP contribution is -2.25. The van der Waals surface area contributed by atoms with Gasteiger partial charge in [0.1, 0.15) is 0 Å². The molecule has 0 aliphatic heterocycles. The molecule has 0 atom stereocenters. The molecule has 2 nitrogen and oxygen atoms in total. The van der Waals surface area contributed by atoms with Crippen molar-refractivity contribution in [3.8, 4) is 0 Å². The normalized spacial score (nSPS) is 16.9. The highest BCUT2D eigenvalue weighted by Crippen LogP contribution is 2.19. The second-order valence-corrected chi connectivity index (χ2v) is 3.74. The van der Waals surface area contributed by atoms with Crippen molar-refractivity contribution in [2.45, 2.75) is 31.7 Å². The number of hydrogen-bond acceptors (Lipinski definition) is 1. The van der Waals surface area contributed by atoms with E-state index >= 15 is 0 Å². The minimum absolute atomic E-state index is 0.0579. The fraction of sp³-hybridized carbons (Fsp3) is 0.417. The number of amides is 1. The van der Waals surface area contributed by atoms with Crippen molar-refractivity contribution in [1.82, 2.24) is 5.32 Å². The van der Waals surface area contributed by atoms with Crippen molar-refractivity contribution < 1.29 is 4.79 Å². The highest BCUT2D eigenvalue weighted by atomic mass is 16.1. The van der Waals surface area contributed by atoms with Crippen molar-refractivity contribution in [2.75, 3.05) is 0 Å². The van der Waals surface area contributed by atoms with Gasteiger partial charge in [0.05, 0.1) is 6.04 Å². The van der Waals surface area contributed by atoms with Crippen LogP contribution >= 0.6 is 0 Å². The van der Waals surface area contributed by atoms with Gasteiger partial charge in [-0.25, -0.2) is 5.32 Å². The molecule has 1 aliphatic rings. The molecule has 0 bridgehead atoms. The molecule has 1 amide bonds. The summed E-state index contributed by atoms with van der Waals surface area (Å²) in [6.07, 6.45) is 4.60. The van der Waals surface area contributed by atoms with Crippen LogP contribution in [0.1, 0.15) is 36.0 Å². The molecule has 0 heterocycles. The predicted octanol–water partition coefficient (Wildman–Crippen LogP) is 2.37. The number of benzene rings is 1. The Balaban J connectivity index is 1.95. The molecule has 1 radical (unpaired) electrons. The van der Waals surface area contributed by atoms with Crippen molar-refractivity contribution in [2.24, 2.45) is 0 Å². The van der Waals surface area contributed by atoms with Crippen LogP contribution in [0.25, 0.3) is 0 Å². The second kappa shape index (κ2) is 4.27. The molecular weight excluding hydrogens is 174 g/mol. The average Bonchev–Trinajstić information content (AvgIpc) is 2.72. The fourth-order valence-corrected chi connectivity index (χ4v) is 1.85. The van der Waals surface area contributed by atoms with E-state index in [0.29, 0.717) is 5.56 Å². The summed E-state index contributed by atoms with van der Waals surface area (Å²) in [6.45, 7) is 0. The number of carbonyl (C=O) groups is 1. The van der Waals surface area contributed by atoms with E-state index in [-0.39, 0.29) is 11.9 Å². The SMILES string of the molecule is O=C([N]C1CCCC1)c1ccccc1. The maximum absolute atomic E-state index is 11.6. The molecular formula is C12H14NO. The standard InChI is InChI=1S/C12H14NO/c14-12(10-6-2-1-3-7-10)13-11-8-4-5-9-11/h1-3,6-7,11H,4-5,8-9H2. The van der Waals surface area contributed by atoms with Gasteiger partial charge in [-0.15, -0.1) is 0 Å². The van der Waals surface area contributed by atoms with Crippen LogP contribution in [-0.4, -0.2) is 11.9 Å². The van der Waals surface area contributed by atoms with Crippen LogP contribution in [0, 0.1) is 0 Å². The van der Waals surface area contributed by atoms with Gasteiger partial charge in [0.2, 0.25) is 0 Å². The van der Waals surface area contributed by atoms with Gasteiger partial charge in [-0.05, 0) is 25.0 Å². The summed E-state index contributed by atoms with van der Waals surface area (Å²) >= 11 is 0. The van der Waals surface area contributed by atoms with Crippen molar-refractivity contribution in [3.63, 3.8) is 0 Å². The summed E-state index contributed by atoms with van der Waals surface area (Å²) in [6, 6.07) is 9.57. The first kappa shape index (κ1) is 9.25. The largest absolute Gasteiger partial charge is 0.272 e. The number of carbonyl (C=O) groups excluding carboxylic acids is 1. The number of rotatable bonds is 2. The van der Waals surface area contributed by atoms with Gasteiger partial charge in [0.15, 0.2) is 0 Å². The molecule has 1 aromatic rings. The summed E-state index contributed by atoms with van der Waals surface area (Å²) in [5, 5.41) is 4.21. The summed E-state index contributed by atoms with van der Waals surface area (Å²) in [7, 11) is 0. The van der Waals surface area contributed by atoms with Gasteiger partial charge in [0.25, 0.3) is 5.91 Å². The Hall–Kier alpha value is -1.31. The van der Waals surface area contributed by atoms with Crippen LogP contribution in [0.2, 0.25) is 0 Å². The third-order valence-corrected chi connectivity index (χ3v) is 2.65.